The minimum absolute atomic E-state index is 0.262. The second-order valence-corrected chi connectivity index (χ2v) is 8.72. The number of thiazole rings is 1. The monoisotopic (exact) mass is 483 g/mol. The molecule has 0 aliphatic rings. The molecule has 3 aromatic heterocycles. The van der Waals surface area contributed by atoms with Gasteiger partial charge in [-0.05, 0) is 37.3 Å². The number of hydrogen-bond acceptors (Lipinski definition) is 6. The van der Waals surface area contributed by atoms with E-state index in [1.54, 1.807) is 31.2 Å². The van der Waals surface area contributed by atoms with Crippen molar-refractivity contribution in [1.82, 2.24) is 25.2 Å². The van der Waals surface area contributed by atoms with Crippen molar-refractivity contribution in [2.45, 2.75) is 13.5 Å². The first-order chi connectivity index (χ1) is 17.1. The molecule has 2 N–H and O–H groups in total. The highest BCUT2D eigenvalue weighted by Crippen LogP contribution is 2.27. The fourth-order valence-electron chi connectivity index (χ4n) is 3.49. The van der Waals surface area contributed by atoms with E-state index in [1.165, 1.54) is 11.3 Å². The largest absolute Gasteiger partial charge is 0.487 e. The Kier molecular flexibility index (Phi) is 6.23. The van der Waals surface area contributed by atoms with E-state index in [1.807, 2.05) is 65.3 Å². The molecule has 0 aliphatic heterocycles. The molecule has 0 bridgehead atoms. The fraction of sp³-hybridized carbons (Fsp3) is 0.0769. The fourth-order valence-corrected chi connectivity index (χ4v) is 4.46. The number of aromatic nitrogens is 3. The Morgan fingerprint density at radius 3 is 2.57 bits per heavy atom. The SMILES string of the molecule is Cc1nc(-c2ccccc2)sc1C(=O)NNC(=O)c1cccc(OCc2cn3ccccc3n2)c1. The second kappa shape index (κ2) is 9.78. The van der Waals surface area contributed by atoms with Crippen LogP contribution in [0.5, 0.6) is 5.75 Å². The predicted octanol–water partition coefficient (Wildman–Crippen LogP) is 4.42. The maximum Gasteiger partial charge on any atom is 0.281 e. The molecule has 3 heterocycles. The number of rotatable bonds is 6. The van der Waals surface area contributed by atoms with Crippen LogP contribution >= 0.6 is 11.3 Å². The average Bonchev–Trinajstić information content (AvgIpc) is 3.49. The normalized spacial score (nSPS) is 10.8. The molecule has 0 aliphatic carbocycles. The molecule has 0 fully saturated rings. The number of ether oxygens (including phenoxy) is 1. The quantitative estimate of drug-likeness (QED) is 0.349. The number of nitrogens with zero attached hydrogens (tertiary/aromatic N) is 3. The lowest BCUT2D eigenvalue weighted by Crippen LogP contribution is -2.41. The Morgan fingerprint density at radius 1 is 0.943 bits per heavy atom. The number of pyridine rings is 1. The molecule has 174 valence electrons. The molecule has 8 nitrogen and oxygen atoms in total. The smallest absolute Gasteiger partial charge is 0.281 e. The van der Waals surface area contributed by atoms with Crippen molar-refractivity contribution in [3.63, 3.8) is 0 Å². The van der Waals surface area contributed by atoms with Crippen LogP contribution in [0.1, 0.15) is 31.4 Å². The number of aryl methyl sites for hydroxylation is 1. The zero-order valence-electron chi connectivity index (χ0n) is 18.8. The van der Waals surface area contributed by atoms with E-state index in [2.05, 4.69) is 20.8 Å². The van der Waals surface area contributed by atoms with Gasteiger partial charge in [-0.1, -0.05) is 42.5 Å². The Balaban J connectivity index is 1.20. The third kappa shape index (κ3) is 5.04. The van der Waals surface area contributed by atoms with Gasteiger partial charge in [-0.15, -0.1) is 11.3 Å². The highest BCUT2D eigenvalue weighted by molar-refractivity contribution is 7.17. The number of hydrogen-bond donors (Lipinski definition) is 2. The van der Waals surface area contributed by atoms with Crippen LogP contribution in [-0.2, 0) is 6.61 Å². The topological polar surface area (TPSA) is 97.6 Å². The van der Waals surface area contributed by atoms with E-state index in [4.69, 9.17) is 4.74 Å². The zero-order chi connectivity index (χ0) is 24.2. The van der Waals surface area contributed by atoms with Gasteiger partial charge in [0, 0.05) is 23.5 Å². The van der Waals surface area contributed by atoms with Crippen molar-refractivity contribution >= 4 is 28.8 Å². The number of carbonyl (C=O) groups excluding carboxylic acids is 2. The summed E-state index contributed by atoms with van der Waals surface area (Å²) >= 11 is 1.27. The highest BCUT2D eigenvalue weighted by Gasteiger charge is 2.17. The summed E-state index contributed by atoms with van der Waals surface area (Å²) in [6.07, 6.45) is 3.81. The number of benzene rings is 2. The first-order valence-corrected chi connectivity index (χ1v) is 11.7. The molecule has 9 heteroatoms. The van der Waals surface area contributed by atoms with E-state index in [0.717, 1.165) is 21.9 Å². The number of imidazole rings is 1. The third-order valence-corrected chi connectivity index (χ3v) is 6.42. The average molecular weight is 484 g/mol. The van der Waals surface area contributed by atoms with Crippen molar-refractivity contribution in [3.8, 4) is 16.3 Å². The van der Waals surface area contributed by atoms with Gasteiger partial charge in [-0.3, -0.25) is 20.4 Å². The van der Waals surface area contributed by atoms with Crippen LogP contribution < -0.4 is 15.6 Å². The number of amides is 2. The summed E-state index contributed by atoms with van der Waals surface area (Å²) in [7, 11) is 0. The molecular formula is C26H21N5O3S. The van der Waals surface area contributed by atoms with E-state index < -0.39 is 11.8 Å². The van der Waals surface area contributed by atoms with Crippen LogP contribution in [0.15, 0.2) is 85.2 Å². The number of fused-ring (bicyclic) bond motifs is 1. The van der Waals surface area contributed by atoms with E-state index in [-0.39, 0.29) is 6.61 Å². The first kappa shape index (κ1) is 22.3. The summed E-state index contributed by atoms with van der Waals surface area (Å²) in [6, 6.07) is 22.1. The van der Waals surface area contributed by atoms with Gasteiger partial charge in [0.25, 0.3) is 11.8 Å². The third-order valence-electron chi connectivity index (χ3n) is 5.21. The summed E-state index contributed by atoms with van der Waals surface area (Å²) in [4.78, 5) is 34.7. The molecule has 0 saturated carbocycles. The maximum absolute atomic E-state index is 12.7. The van der Waals surface area contributed by atoms with E-state index in [9.17, 15) is 9.59 Å². The minimum Gasteiger partial charge on any atom is -0.487 e. The van der Waals surface area contributed by atoms with Crippen molar-refractivity contribution < 1.29 is 14.3 Å². The standard InChI is InChI=1S/C26H21N5O3S/c1-17-23(35-26(27-17)18-8-3-2-4-9-18)25(33)30-29-24(32)19-10-7-11-21(14-19)34-16-20-15-31-13-6-5-12-22(31)28-20/h2-15H,16H2,1H3,(H,29,32)(H,30,33). The van der Waals surface area contributed by atoms with Gasteiger partial charge in [-0.2, -0.15) is 0 Å². The van der Waals surface area contributed by atoms with Gasteiger partial charge in [0.05, 0.1) is 11.4 Å². The van der Waals surface area contributed by atoms with Crippen LogP contribution in [0.3, 0.4) is 0 Å². The summed E-state index contributed by atoms with van der Waals surface area (Å²) in [5.41, 5.74) is 8.43. The summed E-state index contributed by atoms with van der Waals surface area (Å²) < 4.78 is 7.73. The van der Waals surface area contributed by atoms with Crippen molar-refractivity contribution in [2.75, 3.05) is 0 Å². The van der Waals surface area contributed by atoms with Crippen LogP contribution in [0, 0.1) is 6.92 Å². The van der Waals surface area contributed by atoms with Gasteiger partial charge in [0.1, 0.15) is 27.9 Å². The van der Waals surface area contributed by atoms with Crippen molar-refractivity contribution in [1.29, 1.82) is 0 Å². The molecule has 5 aromatic rings. The number of hydrazine groups is 1. The zero-order valence-corrected chi connectivity index (χ0v) is 19.6. The van der Waals surface area contributed by atoms with Crippen LogP contribution in [0.25, 0.3) is 16.2 Å². The lowest BCUT2D eigenvalue weighted by Gasteiger charge is -2.09. The van der Waals surface area contributed by atoms with Crippen molar-refractivity contribution in [3.05, 3.63) is 107 Å². The Hall–Kier alpha value is -4.50. The van der Waals surface area contributed by atoms with E-state index in [0.29, 0.717) is 21.9 Å². The Morgan fingerprint density at radius 2 is 1.74 bits per heavy atom. The van der Waals surface area contributed by atoms with Crippen LogP contribution in [0.2, 0.25) is 0 Å². The molecule has 0 spiro atoms. The molecule has 0 unspecified atom stereocenters. The lowest BCUT2D eigenvalue weighted by molar-refractivity contribution is 0.0848. The molecule has 0 radical (unpaired) electrons. The molecule has 35 heavy (non-hydrogen) atoms. The summed E-state index contributed by atoms with van der Waals surface area (Å²) in [6.45, 7) is 2.03. The molecule has 2 aromatic carbocycles. The maximum atomic E-state index is 12.7. The van der Waals surface area contributed by atoms with Gasteiger partial charge >= 0.3 is 0 Å². The predicted molar refractivity (Wildman–Crippen MR) is 133 cm³/mol. The first-order valence-electron chi connectivity index (χ1n) is 10.9. The summed E-state index contributed by atoms with van der Waals surface area (Å²) in [5.74, 6) is -0.358. The van der Waals surface area contributed by atoms with Gasteiger partial charge < -0.3 is 9.14 Å². The molecule has 5 rings (SSSR count). The van der Waals surface area contributed by atoms with Gasteiger partial charge in [0.15, 0.2) is 0 Å². The Bertz CT molecular complexity index is 1480. The Labute approximate surface area is 205 Å². The molecule has 0 saturated heterocycles. The number of carbonyl (C=O) groups is 2. The lowest BCUT2D eigenvalue weighted by atomic mass is 10.2. The second-order valence-electron chi connectivity index (χ2n) is 7.72. The van der Waals surface area contributed by atoms with Crippen LogP contribution in [0.4, 0.5) is 0 Å². The number of nitrogens with one attached hydrogen (secondary N) is 2. The van der Waals surface area contributed by atoms with Gasteiger partial charge in [-0.25, -0.2) is 9.97 Å². The summed E-state index contributed by atoms with van der Waals surface area (Å²) in [5, 5.41) is 0.745. The molecular weight excluding hydrogens is 462 g/mol. The van der Waals surface area contributed by atoms with Crippen LogP contribution in [-0.4, -0.2) is 26.2 Å². The minimum atomic E-state index is -0.456. The van der Waals surface area contributed by atoms with Crippen molar-refractivity contribution in [2.24, 2.45) is 0 Å². The van der Waals surface area contributed by atoms with Gasteiger partial charge in [0.2, 0.25) is 0 Å². The highest BCUT2D eigenvalue weighted by atomic mass is 32.1. The molecule has 2 amide bonds. The van der Waals surface area contributed by atoms with E-state index >= 15 is 0 Å². The molecule has 0 atom stereocenters.